The molecule has 3 nitrogen and oxygen atoms in total. The van der Waals surface area contributed by atoms with Crippen LogP contribution in [0.3, 0.4) is 0 Å². The first-order valence-corrected chi connectivity index (χ1v) is 5.59. The zero-order valence-electron chi connectivity index (χ0n) is 7.93. The Bertz CT molecular complexity index is 476. The highest BCUT2D eigenvalue weighted by atomic mass is 32.1. The third-order valence-corrected chi connectivity index (χ3v) is 3.08. The number of hydrogen-bond donors (Lipinski definition) is 0. The first kappa shape index (κ1) is 10.3. The number of carbonyl (C=O) groups excluding carboxylic acids is 1. The molecule has 1 unspecified atom stereocenters. The Morgan fingerprint density at radius 3 is 3.00 bits per heavy atom. The quantitative estimate of drug-likeness (QED) is 0.588. The highest BCUT2D eigenvalue weighted by Crippen LogP contribution is 2.21. The maximum atomic E-state index is 11.1. The zero-order chi connectivity index (χ0) is 10.8. The van der Waals surface area contributed by atoms with Gasteiger partial charge in [-0.2, -0.15) is 0 Å². The standard InChI is InChI=1S/C10H8O3S2/c1-6-5-8(13-9(6)11)12-7-3-2-4-15-10(7)14/h2-5,8H,1H3. The summed E-state index contributed by atoms with van der Waals surface area (Å²) in [5, 5.41) is 1.87. The van der Waals surface area contributed by atoms with E-state index in [0.717, 1.165) is 0 Å². The largest absolute Gasteiger partial charge is 0.449 e. The Labute approximate surface area is 96.0 Å². The van der Waals surface area contributed by atoms with Crippen molar-refractivity contribution in [3.05, 3.63) is 33.0 Å². The summed E-state index contributed by atoms with van der Waals surface area (Å²) in [6, 6.07) is 3.59. The third-order valence-electron chi connectivity index (χ3n) is 1.88. The SMILES string of the molecule is CC1=CC(Oc2cccsc2=S)OC1=O. The molecule has 0 radical (unpaired) electrons. The number of rotatable bonds is 2. The second kappa shape index (κ2) is 4.12. The van der Waals surface area contributed by atoms with Crippen molar-refractivity contribution >= 4 is 29.5 Å². The van der Waals surface area contributed by atoms with Gasteiger partial charge in [-0.25, -0.2) is 4.79 Å². The second-order valence-electron chi connectivity index (χ2n) is 3.01. The van der Waals surface area contributed by atoms with E-state index in [1.807, 2.05) is 11.4 Å². The second-order valence-corrected chi connectivity index (χ2v) is 4.59. The molecule has 0 aliphatic carbocycles. The van der Waals surface area contributed by atoms with E-state index in [1.54, 1.807) is 19.1 Å². The summed E-state index contributed by atoms with van der Waals surface area (Å²) in [6.45, 7) is 1.69. The molecule has 1 atom stereocenters. The summed E-state index contributed by atoms with van der Waals surface area (Å²) >= 11 is 6.49. The van der Waals surface area contributed by atoms with E-state index in [1.165, 1.54) is 11.3 Å². The van der Waals surface area contributed by atoms with Gasteiger partial charge in [0.2, 0.25) is 0 Å². The number of hydrogen-bond acceptors (Lipinski definition) is 5. The average Bonchev–Trinajstić information content (AvgIpc) is 2.50. The molecule has 2 rings (SSSR count). The van der Waals surface area contributed by atoms with Crippen molar-refractivity contribution in [1.82, 2.24) is 0 Å². The van der Waals surface area contributed by atoms with Crippen LogP contribution >= 0.6 is 23.6 Å². The minimum absolute atomic E-state index is 0.342. The van der Waals surface area contributed by atoms with Crippen LogP contribution in [0.4, 0.5) is 0 Å². The smallest absolute Gasteiger partial charge is 0.336 e. The van der Waals surface area contributed by atoms with Gasteiger partial charge >= 0.3 is 5.97 Å². The van der Waals surface area contributed by atoms with Crippen molar-refractivity contribution in [1.29, 1.82) is 0 Å². The van der Waals surface area contributed by atoms with E-state index >= 15 is 0 Å². The average molecular weight is 240 g/mol. The third kappa shape index (κ3) is 2.24. The molecule has 0 saturated carbocycles. The van der Waals surface area contributed by atoms with Crippen LogP contribution in [0, 0.1) is 3.82 Å². The fourth-order valence-corrected chi connectivity index (χ4v) is 1.92. The predicted octanol–water partition coefficient (Wildman–Crippen LogP) is 2.69. The Kier molecular flexibility index (Phi) is 2.83. The molecule has 1 aliphatic rings. The van der Waals surface area contributed by atoms with Crippen molar-refractivity contribution in [2.45, 2.75) is 13.2 Å². The van der Waals surface area contributed by atoms with Crippen LogP contribution in [0.15, 0.2) is 29.2 Å². The van der Waals surface area contributed by atoms with Gasteiger partial charge in [-0.3, -0.25) is 0 Å². The van der Waals surface area contributed by atoms with Crippen LogP contribution in [-0.2, 0) is 9.53 Å². The lowest BCUT2D eigenvalue weighted by atomic mass is 10.3. The topological polar surface area (TPSA) is 35.5 Å². The van der Waals surface area contributed by atoms with Crippen molar-refractivity contribution < 1.29 is 14.3 Å². The van der Waals surface area contributed by atoms with Crippen molar-refractivity contribution in [3.63, 3.8) is 0 Å². The van der Waals surface area contributed by atoms with Gasteiger partial charge in [-0.15, -0.1) is 11.3 Å². The fourth-order valence-electron chi connectivity index (χ4n) is 1.13. The minimum atomic E-state index is -0.645. The zero-order valence-corrected chi connectivity index (χ0v) is 9.56. The highest BCUT2D eigenvalue weighted by molar-refractivity contribution is 7.73. The van der Waals surface area contributed by atoms with Crippen LogP contribution in [-0.4, -0.2) is 12.3 Å². The lowest BCUT2D eigenvalue weighted by Gasteiger charge is -2.10. The normalized spacial score (nSPS) is 19.7. The van der Waals surface area contributed by atoms with E-state index in [-0.39, 0.29) is 5.97 Å². The number of cyclic esters (lactones) is 1. The molecule has 0 amide bonds. The van der Waals surface area contributed by atoms with Crippen molar-refractivity contribution in [2.24, 2.45) is 0 Å². The molecule has 0 spiro atoms. The summed E-state index contributed by atoms with van der Waals surface area (Å²) in [5.74, 6) is 0.228. The van der Waals surface area contributed by atoms with Gasteiger partial charge < -0.3 is 9.47 Å². The number of ether oxygens (including phenoxy) is 2. The lowest BCUT2D eigenvalue weighted by molar-refractivity contribution is -0.148. The van der Waals surface area contributed by atoms with E-state index in [4.69, 9.17) is 21.7 Å². The molecule has 78 valence electrons. The van der Waals surface area contributed by atoms with E-state index in [0.29, 0.717) is 15.1 Å². The first-order valence-electron chi connectivity index (χ1n) is 4.31. The van der Waals surface area contributed by atoms with Gasteiger partial charge in [0.15, 0.2) is 5.75 Å². The molecular weight excluding hydrogens is 232 g/mol. The molecule has 2 heterocycles. The van der Waals surface area contributed by atoms with E-state index in [9.17, 15) is 4.79 Å². The Hall–Kier alpha value is -1.20. The van der Waals surface area contributed by atoms with Crippen LogP contribution in [0.25, 0.3) is 0 Å². The molecule has 0 fully saturated rings. The monoisotopic (exact) mass is 240 g/mol. The minimum Gasteiger partial charge on any atom is -0.449 e. The summed E-state index contributed by atoms with van der Waals surface area (Å²) in [6.07, 6.45) is 0.989. The van der Waals surface area contributed by atoms with E-state index < -0.39 is 6.29 Å². The highest BCUT2D eigenvalue weighted by Gasteiger charge is 2.23. The number of carbonyl (C=O) groups is 1. The maximum absolute atomic E-state index is 11.1. The van der Waals surface area contributed by atoms with Gasteiger partial charge in [0.1, 0.15) is 3.82 Å². The van der Waals surface area contributed by atoms with Crippen molar-refractivity contribution in [2.75, 3.05) is 0 Å². The summed E-state index contributed by atoms with van der Waals surface area (Å²) in [5.41, 5.74) is 0.561. The summed E-state index contributed by atoms with van der Waals surface area (Å²) in [4.78, 5) is 11.1. The van der Waals surface area contributed by atoms with Crippen LogP contribution in [0.5, 0.6) is 5.75 Å². The van der Waals surface area contributed by atoms with Gasteiger partial charge in [0.05, 0.1) is 0 Å². The fraction of sp³-hybridized carbons (Fsp3) is 0.200. The van der Waals surface area contributed by atoms with Gasteiger partial charge in [0, 0.05) is 11.6 Å². The van der Waals surface area contributed by atoms with Crippen LogP contribution < -0.4 is 4.74 Å². The molecule has 0 saturated heterocycles. The predicted molar refractivity (Wildman–Crippen MR) is 59.4 cm³/mol. The van der Waals surface area contributed by atoms with E-state index in [2.05, 4.69) is 0 Å². The Morgan fingerprint density at radius 2 is 2.40 bits per heavy atom. The molecule has 15 heavy (non-hydrogen) atoms. The van der Waals surface area contributed by atoms with Gasteiger partial charge in [0.25, 0.3) is 6.29 Å². The lowest BCUT2D eigenvalue weighted by Crippen LogP contribution is -2.15. The molecule has 1 aromatic heterocycles. The maximum Gasteiger partial charge on any atom is 0.336 e. The molecule has 0 aromatic carbocycles. The summed E-state index contributed by atoms with van der Waals surface area (Å²) < 4.78 is 11.0. The summed E-state index contributed by atoms with van der Waals surface area (Å²) in [7, 11) is 0. The van der Waals surface area contributed by atoms with Crippen molar-refractivity contribution in [3.8, 4) is 5.75 Å². The van der Waals surface area contributed by atoms with Crippen LogP contribution in [0.1, 0.15) is 6.92 Å². The Balaban J connectivity index is 2.15. The molecule has 0 N–H and O–H groups in total. The van der Waals surface area contributed by atoms with Gasteiger partial charge in [-0.05, 0) is 24.4 Å². The first-order chi connectivity index (χ1) is 7.16. The molecule has 5 heteroatoms. The molecular formula is C10H8O3S2. The Morgan fingerprint density at radius 1 is 1.60 bits per heavy atom. The number of esters is 1. The molecule has 1 aromatic rings. The van der Waals surface area contributed by atoms with Crippen LogP contribution in [0.2, 0.25) is 0 Å². The van der Waals surface area contributed by atoms with Gasteiger partial charge in [-0.1, -0.05) is 12.2 Å². The molecule has 0 bridgehead atoms. The molecule has 1 aliphatic heterocycles.